The first kappa shape index (κ1) is 13.9. The van der Waals surface area contributed by atoms with Crippen molar-refractivity contribution >= 4 is 34.4 Å². The van der Waals surface area contributed by atoms with E-state index in [9.17, 15) is 9.59 Å². The number of fused-ring (bicyclic) bond motifs is 1. The Morgan fingerprint density at radius 2 is 2.19 bits per heavy atom. The molecular weight excluding hydrogens is 294 g/mol. The van der Waals surface area contributed by atoms with Gasteiger partial charge in [-0.15, -0.1) is 0 Å². The Hall–Kier alpha value is -2.01. The SMILES string of the molecule is Cc1c(C(=O)N2CC[C@H](C(=O)O)C2)oc2ccc(Cl)cc12. The van der Waals surface area contributed by atoms with Gasteiger partial charge in [0.2, 0.25) is 0 Å². The van der Waals surface area contributed by atoms with Crippen molar-refractivity contribution in [2.45, 2.75) is 13.3 Å². The standard InChI is InChI=1S/C15H14ClNO4/c1-8-11-6-10(16)2-3-12(11)21-13(8)14(18)17-5-4-9(7-17)15(19)20/h2-3,6,9H,4-5,7H2,1H3,(H,19,20)/t9-/m0/s1. The second kappa shape index (κ2) is 5.07. The zero-order valence-corrected chi connectivity index (χ0v) is 12.2. The molecule has 1 aromatic carbocycles. The highest BCUT2D eigenvalue weighted by Crippen LogP contribution is 2.29. The molecule has 1 fully saturated rings. The molecule has 1 aliphatic rings. The molecule has 0 saturated carbocycles. The minimum Gasteiger partial charge on any atom is -0.481 e. The van der Waals surface area contributed by atoms with Crippen molar-refractivity contribution < 1.29 is 19.1 Å². The van der Waals surface area contributed by atoms with E-state index in [1.165, 1.54) is 4.90 Å². The molecule has 1 saturated heterocycles. The summed E-state index contributed by atoms with van der Waals surface area (Å²) in [6.45, 7) is 2.47. The number of aliphatic carboxylic acids is 1. The van der Waals surface area contributed by atoms with E-state index < -0.39 is 11.9 Å². The van der Waals surface area contributed by atoms with Crippen LogP contribution in [0.4, 0.5) is 0 Å². The number of amides is 1. The molecule has 0 aliphatic carbocycles. The smallest absolute Gasteiger partial charge is 0.308 e. The molecule has 0 radical (unpaired) electrons. The molecule has 0 spiro atoms. The maximum absolute atomic E-state index is 12.5. The number of benzene rings is 1. The molecule has 6 heteroatoms. The number of hydrogen-bond acceptors (Lipinski definition) is 3. The highest BCUT2D eigenvalue weighted by atomic mass is 35.5. The Kier molecular flexibility index (Phi) is 3.37. The molecule has 1 aliphatic heterocycles. The average molecular weight is 308 g/mol. The van der Waals surface area contributed by atoms with E-state index in [0.717, 1.165) is 10.9 Å². The zero-order chi connectivity index (χ0) is 15.1. The Labute approximate surface area is 126 Å². The van der Waals surface area contributed by atoms with E-state index in [1.807, 2.05) is 0 Å². The topological polar surface area (TPSA) is 70.8 Å². The Balaban J connectivity index is 1.92. The molecule has 110 valence electrons. The molecule has 1 atom stereocenters. The first-order valence-electron chi connectivity index (χ1n) is 6.68. The van der Waals surface area contributed by atoms with Crippen LogP contribution < -0.4 is 0 Å². The number of carbonyl (C=O) groups is 2. The quantitative estimate of drug-likeness (QED) is 0.926. The maximum Gasteiger partial charge on any atom is 0.308 e. The van der Waals surface area contributed by atoms with Crippen LogP contribution in [-0.2, 0) is 4.79 Å². The van der Waals surface area contributed by atoms with Gasteiger partial charge in [-0.3, -0.25) is 9.59 Å². The summed E-state index contributed by atoms with van der Waals surface area (Å²) in [6, 6.07) is 5.19. The van der Waals surface area contributed by atoms with Crippen LogP contribution in [0, 0.1) is 12.8 Å². The molecule has 1 N–H and O–H groups in total. The van der Waals surface area contributed by atoms with Gasteiger partial charge < -0.3 is 14.4 Å². The van der Waals surface area contributed by atoms with Crippen molar-refractivity contribution in [3.05, 3.63) is 34.5 Å². The number of aryl methyl sites for hydroxylation is 1. The number of carboxylic acid groups (broad SMARTS) is 1. The number of carboxylic acids is 1. The van der Waals surface area contributed by atoms with Crippen molar-refractivity contribution in [1.82, 2.24) is 4.90 Å². The molecule has 2 aromatic rings. The predicted octanol–water partition coefficient (Wildman–Crippen LogP) is 2.94. The van der Waals surface area contributed by atoms with Crippen LogP contribution in [0.25, 0.3) is 11.0 Å². The first-order valence-corrected chi connectivity index (χ1v) is 7.06. The minimum atomic E-state index is -0.863. The van der Waals surface area contributed by atoms with Crippen LogP contribution >= 0.6 is 11.6 Å². The molecule has 1 amide bonds. The number of nitrogens with zero attached hydrogens (tertiary/aromatic N) is 1. The van der Waals surface area contributed by atoms with Crippen LogP contribution in [0.15, 0.2) is 22.6 Å². The van der Waals surface area contributed by atoms with Gasteiger partial charge in [-0.25, -0.2) is 0 Å². The molecule has 0 bridgehead atoms. The van der Waals surface area contributed by atoms with E-state index in [2.05, 4.69) is 0 Å². The molecule has 5 nitrogen and oxygen atoms in total. The van der Waals surface area contributed by atoms with E-state index >= 15 is 0 Å². The van der Waals surface area contributed by atoms with Gasteiger partial charge in [0.25, 0.3) is 5.91 Å². The fourth-order valence-electron chi connectivity index (χ4n) is 2.69. The third kappa shape index (κ3) is 2.38. The summed E-state index contributed by atoms with van der Waals surface area (Å²) in [7, 11) is 0. The molecule has 2 heterocycles. The van der Waals surface area contributed by atoms with E-state index in [-0.39, 0.29) is 18.2 Å². The van der Waals surface area contributed by atoms with Gasteiger partial charge in [0, 0.05) is 29.1 Å². The van der Waals surface area contributed by atoms with E-state index in [0.29, 0.717) is 23.6 Å². The van der Waals surface area contributed by atoms with Gasteiger partial charge in [0.15, 0.2) is 5.76 Å². The minimum absolute atomic E-state index is 0.228. The number of rotatable bonds is 2. The van der Waals surface area contributed by atoms with Gasteiger partial charge in [-0.1, -0.05) is 11.6 Å². The lowest BCUT2D eigenvalue weighted by Gasteiger charge is -2.14. The summed E-state index contributed by atoms with van der Waals surface area (Å²) >= 11 is 5.96. The number of halogens is 1. The number of hydrogen-bond donors (Lipinski definition) is 1. The van der Waals surface area contributed by atoms with Crippen LogP contribution in [0.5, 0.6) is 0 Å². The molecule has 21 heavy (non-hydrogen) atoms. The lowest BCUT2D eigenvalue weighted by molar-refractivity contribution is -0.141. The third-order valence-corrected chi connectivity index (χ3v) is 4.15. The van der Waals surface area contributed by atoms with Crippen LogP contribution in [-0.4, -0.2) is 35.0 Å². The van der Waals surface area contributed by atoms with Crippen molar-refractivity contribution in [2.75, 3.05) is 13.1 Å². The first-order chi connectivity index (χ1) is 9.97. The fourth-order valence-corrected chi connectivity index (χ4v) is 2.86. The van der Waals surface area contributed by atoms with Crippen LogP contribution in [0.3, 0.4) is 0 Å². The summed E-state index contributed by atoms with van der Waals surface area (Å²) in [5, 5.41) is 10.4. The number of carbonyl (C=O) groups excluding carboxylic acids is 1. The molecule has 3 rings (SSSR count). The molecule has 0 unspecified atom stereocenters. The monoisotopic (exact) mass is 307 g/mol. The van der Waals surface area contributed by atoms with Gasteiger partial charge in [-0.2, -0.15) is 0 Å². The summed E-state index contributed by atoms with van der Waals surface area (Å²) in [4.78, 5) is 25.0. The predicted molar refractivity (Wildman–Crippen MR) is 77.6 cm³/mol. The van der Waals surface area contributed by atoms with Crippen LogP contribution in [0.1, 0.15) is 22.5 Å². The van der Waals surface area contributed by atoms with Crippen molar-refractivity contribution in [1.29, 1.82) is 0 Å². The second-order valence-electron chi connectivity index (χ2n) is 5.27. The largest absolute Gasteiger partial charge is 0.481 e. The lowest BCUT2D eigenvalue weighted by atomic mass is 10.1. The summed E-state index contributed by atoms with van der Waals surface area (Å²) < 4.78 is 5.63. The van der Waals surface area contributed by atoms with Gasteiger partial charge >= 0.3 is 5.97 Å². The highest BCUT2D eigenvalue weighted by molar-refractivity contribution is 6.31. The molecular formula is C15H14ClNO4. The van der Waals surface area contributed by atoms with Crippen molar-refractivity contribution in [2.24, 2.45) is 5.92 Å². The number of furan rings is 1. The Morgan fingerprint density at radius 1 is 1.43 bits per heavy atom. The van der Waals surface area contributed by atoms with Gasteiger partial charge in [0.05, 0.1) is 5.92 Å². The number of likely N-dealkylation sites (tertiary alicyclic amines) is 1. The third-order valence-electron chi connectivity index (χ3n) is 3.92. The summed E-state index contributed by atoms with van der Waals surface area (Å²) in [6.07, 6.45) is 0.478. The zero-order valence-electron chi connectivity index (χ0n) is 11.4. The van der Waals surface area contributed by atoms with E-state index in [1.54, 1.807) is 25.1 Å². The summed E-state index contributed by atoms with van der Waals surface area (Å²) in [5.41, 5.74) is 1.34. The van der Waals surface area contributed by atoms with Crippen LogP contribution in [0.2, 0.25) is 5.02 Å². The Morgan fingerprint density at radius 3 is 2.86 bits per heavy atom. The average Bonchev–Trinajstić information content (AvgIpc) is 3.04. The molecule has 1 aromatic heterocycles. The van der Waals surface area contributed by atoms with Crippen molar-refractivity contribution in [3.63, 3.8) is 0 Å². The fraction of sp³-hybridized carbons (Fsp3) is 0.333. The maximum atomic E-state index is 12.5. The lowest BCUT2D eigenvalue weighted by Crippen LogP contribution is -2.30. The highest BCUT2D eigenvalue weighted by Gasteiger charge is 2.33. The van der Waals surface area contributed by atoms with E-state index in [4.69, 9.17) is 21.1 Å². The van der Waals surface area contributed by atoms with Gasteiger partial charge in [-0.05, 0) is 31.5 Å². The van der Waals surface area contributed by atoms with Crippen molar-refractivity contribution in [3.8, 4) is 0 Å². The second-order valence-corrected chi connectivity index (χ2v) is 5.71. The van der Waals surface area contributed by atoms with Gasteiger partial charge in [0.1, 0.15) is 5.58 Å². The Bertz CT molecular complexity index is 737. The normalized spacial score (nSPS) is 18.4. The summed E-state index contributed by atoms with van der Waals surface area (Å²) in [5.74, 6) is -1.35.